The van der Waals surface area contributed by atoms with Gasteiger partial charge in [-0.3, -0.25) is 4.90 Å². The predicted octanol–water partition coefficient (Wildman–Crippen LogP) is 4.72. The number of thiocarbonyl (C=S) groups is 1. The van der Waals surface area contributed by atoms with Crippen LogP contribution in [0.3, 0.4) is 0 Å². The predicted molar refractivity (Wildman–Crippen MR) is 125 cm³/mol. The van der Waals surface area contributed by atoms with E-state index in [0.717, 1.165) is 55.5 Å². The van der Waals surface area contributed by atoms with Crippen molar-refractivity contribution in [2.45, 2.75) is 13.8 Å². The van der Waals surface area contributed by atoms with E-state index < -0.39 is 0 Å². The average Bonchev–Trinajstić information content (AvgIpc) is 2.65. The van der Waals surface area contributed by atoms with Gasteiger partial charge < -0.3 is 15.5 Å². The van der Waals surface area contributed by atoms with E-state index >= 15 is 0 Å². The highest BCUT2D eigenvalue weighted by molar-refractivity contribution is 7.80. The molecule has 0 aliphatic carbocycles. The third kappa shape index (κ3) is 5.74. The van der Waals surface area contributed by atoms with Gasteiger partial charge in [-0.05, 0) is 67.5 Å². The molecule has 1 heterocycles. The zero-order chi connectivity index (χ0) is 20.1. The molecule has 0 bridgehead atoms. The third-order valence-corrected chi connectivity index (χ3v) is 5.77. The smallest absolute Gasteiger partial charge is 0.170 e. The second-order valence-corrected chi connectivity index (χ2v) is 8.38. The van der Waals surface area contributed by atoms with Crippen LogP contribution in [0.4, 0.5) is 11.4 Å². The van der Waals surface area contributed by atoms with Crippen LogP contribution >= 0.6 is 35.4 Å². The van der Waals surface area contributed by atoms with Crippen LogP contribution in [-0.4, -0.2) is 49.3 Å². The van der Waals surface area contributed by atoms with E-state index in [1.165, 1.54) is 11.3 Å². The molecule has 1 aliphatic rings. The number of nitrogens with one attached hydrogen (secondary N) is 2. The molecular formula is C21H26Cl2N4S. The van der Waals surface area contributed by atoms with Crippen LogP contribution in [0.1, 0.15) is 11.1 Å². The summed E-state index contributed by atoms with van der Waals surface area (Å²) < 4.78 is 0. The van der Waals surface area contributed by atoms with Crippen molar-refractivity contribution in [2.24, 2.45) is 0 Å². The summed E-state index contributed by atoms with van der Waals surface area (Å²) in [5.74, 6) is 0. The molecule has 2 aromatic rings. The first-order chi connectivity index (χ1) is 13.4. The molecule has 0 atom stereocenters. The number of anilines is 2. The van der Waals surface area contributed by atoms with E-state index in [1.807, 2.05) is 37.3 Å². The molecular weight excluding hydrogens is 411 g/mol. The lowest BCUT2D eigenvalue weighted by Crippen LogP contribution is -2.48. The van der Waals surface area contributed by atoms with Gasteiger partial charge in [-0.1, -0.05) is 29.3 Å². The fraction of sp³-hybridized carbons (Fsp3) is 0.381. The molecule has 0 aromatic heterocycles. The van der Waals surface area contributed by atoms with Gasteiger partial charge in [0, 0.05) is 50.0 Å². The first-order valence-corrected chi connectivity index (χ1v) is 10.6. The third-order valence-electron chi connectivity index (χ3n) is 4.96. The quantitative estimate of drug-likeness (QED) is 0.662. The average molecular weight is 437 g/mol. The van der Waals surface area contributed by atoms with Gasteiger partial charge in [0.1, 0.15) is 0 Å². The van der Waals surface area contributed by atoms with Gasteiger partial charge in [0.15, 0.2) is 5.11 Å². The van der Waals surface area contributed by atoms with Gasteiger partial charge >= 0.3 is 0 Å². The van der Waals surface area contributed by atoms with Crippen LogP contribution in [0.15, 0.2) is 36.4 Å². The van der Waals surface area contributed by atoms with E-state index in [1.54, 1.807) is 0 Å². The lowest BCUT2D eigenvalue weighted by molar-refractivity contribution is 0.262. The molecule has 2 aromatic carbocycles. The summed E-state index contributed by atoms with van der Waals surface area (Å²) in [6.07, 6.45) is 0. The van der Waals surface area contributed by atoms with Crippen molar-refractivity contribution in [3.63, 3.8) is 0 Å². The Morgan fingerprint density at radius 1 is 1.04 bits per heavy atom. The van der Waals surface area contributed by atoms with Gasteiger partial charge in [0.2, 0.25) is 0 Å². The number of rotatable bonds is 5. The first-order valence-electron chi connectivity index (χ1n) is 9.47. The Balaban J connectivity index is 1.40. The Kier molecular flexibility index (Phi) is 7.41. The van der Waals surface area contributed by atoms with Crippen molar-refractivity contribution in [3.05, 3.63) is 57.6 Å². The Labute approximate surface area is 182 Å². The Morgan fingerprint density at radius 3 is 2.50 bits per heavy atom. The second-order valence-electron chi connectivity index (χ2n) is 7.12. The highest BCUT2D eigenvalue weighted by Gasteiger charge is 2.18. The van der Waals surface area contributed by atoms with E-state index in [-0.39, 0.29) is 0 Å². The SMILES string of the molecule is Cc1ccc(Cl)c(NC(=S)NCCN2CCN(c3ccc(Cl)cc3C)CC2)c1. The largest absolute Gasteiger partial charge is 0.369 e. The van der Waals surface area contributed by atoms with Gasteiger partial charge in [0.25, 0.3) is 0 Å². The normalized spacial score (nSPS) is 14.8. The molecule has 0 amide bonds. The van der Waals surface area contributed by atoms with Crippen molar-refractivity contribution in [1.82, 2.24) is 10.2 Å². The highest BCUT2D eigenvalue weighted by atomic mass is 35.5. The molecule has 0 saturated carbocycles. The zero-order valence-corrected chi connectivity index (χ0v) is 18.6. The number of halogens is 2. The van der Waals surface area contributed by atoms with Crippen LogP contribution in [0.25, 0.3) is 0 Å². The van der Waals surface area contributed by atoms with Crippen LogP contribution in [0.5, 0.6) is 0 Å². The molecule has 2 N–H and O–H groups in total. The molecule has 1 aliphatic heterocycles. The molecule has 3 rings (SSSR count). The minimum Gasteiger partial charge on any atom is -0.369 e. The van der Waals surface area contributed by atoms with Crippen LogP contribution in [0.2, 0.25) is 10.0 Å². The summed E-state index contributed by atoms with van der Waals surface area (Å²) in [6, 6.07) is 12.0. The number of hydrogen-bond acceptors (Lipinski definition) is 3. The molecule has 150 valence electrons. The Bertz CT molecular complexity index is 835. The number of benzene rings is 2. The van der Waals surface area contributed by atoms with E-state index in [9.17, 15) is 0 Å². The maximum absolute atomic E-state index is 6.21. The summed E-state index contributed by atoms with van der Waals surface area (Å²) >= 11 is 17.7. The molecule has 0 spiro atoms. The van der Waals surface area contributed by atoms with Crippen LogP contribution in [0, 0.1) is 13.8 Å². The fourth-order valence-electron chi connectivity index (χ4n) is 3.42. The van der Waals surface area contributed by atoms with Gasteiger partial charge in [-0.15, -0.1) is 0 Å². The maximum atomic E-state index is 6.21. The summed E-state index contributed by atoms with van der Waals surface area (Å²) in [5.41, 5.74) is 4.49. The standard InChI is InChI=1S/C21H26Cl2N4S/c1-15-3-5-18(23)19(13-15)25-21(28)24-7-8-26-9-11-27(12-10-26)20-6-4-17(22)14-16(20)2/h3-6,13-14H,7-12H2,1-2H3,(H2,24,25,28). The minimum atomic E-state index is 0.600. The van der Waals surface area contributed by atoms with Crippen molar-refractivity contribution in [2.75, 3.05) is 49.5 Å². The summed E-state index contributed by atoms with van der Waals surface area (Å²) in [6.45, 7) is 10.0. The summed E-state index contributed by atoms with van der Waals surface area (Å²) in [7, 11) is 0. The molecule has 28 heavy (non-hydrogen) atoms. The molecule has 0 unspecified atom stereocenters. The lowest BCUT2D eigenvalue weighted by atomic mass is 10.1. The van der Waals surface area contributed by atoms with Crippen LogP contribution in [-0.2, 0) is 0 Å². The lowest BCUT2D eigenvalue weighted by Gasteiger charge is -2.36. The molecule has 1 saturated heterocycles. The molecule has 4 nitrogen and oxygen atoms in total. The summed E-state index contributed by atoms with van der Waals surface area (Å²) in [4.78, 5) is 4.89. The number of aryl methyl sites for hydroxylation is 2. The van der Waals surface area contributed by atoms with Crippen molar-refractivity contribution >= 4 is 51.9 Å². The van der Waals surface area contributed by atoms with E-state index in [2.05, 4.69) is 33.4 Å². The topological polar surface area (TPSA) is 30.5 Å². The van der Waals surface area contributed by atoms with Gasteiger partial charge in [0.05, 0.1) is 10.7 Å². The number of nitrogens with zero attached hydrogens (tertiary/aromatic N) is 2. The Hall–Kier alpha value is -1.53. The Morgan fingerprint density at radius 2 is 1.79 bits per heavy atom. The van der Waals surface area contributed by atoms with E-state index in [0.29, 0.717) is 10.1 Å². The number of hydrogen-bond donors (Lipinski definition) is 2. The first kappa shape index (κ1) is 21.2. The molecule has 1 fully saturated rings. The number of piperazine rings is 1. The monoisotopic (exact) mass is 436 g/mol. The minimum absolute atomic E-state index is 0.600. The zero-order valence-electron chi connectivity index (χ0n) is 16.3. The van der Waals surface area contributed by atoms with Gasteiger partial charge in [-0.25, -0.2) is 0 Å². The second kappa shape index (κ2) is 9.79. The van der Waals surface area contributed by atoms with Crippen molar-refractivity contribution in [1.29, 1.82) is 0 Å². The molecule has 7 heteroatoms. The fourth-order valence-corrected chi connectivity index (χ4v) is 4.02. The van der Waals surface area contributed by atoms with Crippen molar-refractivity contribution in [3.8, 4) is 0 Å². The van der Waals surface area contributed by atoms with E-state index in [4.69, 9.17) is 35.4 Å². The van der Waals surface area contributed by atoms with Gasteiger partial charge in [-0.2, -0.15) is 0 Å². The molecule has 0 radical (unpaired) electrons. The van der Waals surface area contributed by atoms with Crippen molar-refractivity contribution < 1.29 is 0 Å². The van der Waals surface area contributed by atoms with Crippen LogP contribution < -0.4 is 15.5 Å². The highest BCUT2D eigenvalue weighted by Crippen LogP contribution is 2.25. The summed E-state index contributed by atoms with van der Waals surface area (Å²) in [5, 5.41) is 8.52. The maximum Gasteiger partial charge on any atom is 0.170 e.